The Kier molecular flexibility index (Phi) is 6.09. The van der Waals surface area contributed by atoms with Gasteiger partial charge < -0.3 is 25.3 Å². The van der Waals surface area contributed by atoms with Crippen molar-refractivity contribution in [1.29, 1.82) is 0 Å². The van der Waals surface area contributed by atoms with E-state index in [-0.39, 0.29) is 0 Å². The number of fused-ring (bicyclic) bond motifs is 2. The third-order valence-corrected chi connectivity index (χ3v) is 6.81. The van der Waals surface area contributed by atoms with Crippen LogP contribution in [0.25, 0.3) is 21.8 Å². The van der Waals surface area contributed by atoms with Crippen LogP contribution in [0.1, 0.15) is 31.2 Å². The van der Waals surface area contributed by atoms with E-state index in [4.69, 9.17) is 9.72 Å². The standard InChI is InChI=1S/C27H33N5O/c1-32(2)26-15-27(31-25-7-5-4-6-22(25)26)30-20-10-8-19(9-11-20)28-16-18-17-29-24-13-12-21(33-3)14-23(18)24/h4-7,12-15,17,19-20,28-29H,8-11,16H2,1-3H3,(H,30,31). The number of pyridine rings is 1. The zero-order valence-electron chi connectivity index (χ0n) is 19.7. The number of aromatic nitrogens is 2. The molecular formula is C27H33N5O. The van der Waals surface area contributed by atoms with Crippen LogP contribution in [0.4, 0.5) is 11.5 Å². The number of nitrogens with one attached hydrogen (secondary N) is 3. The highest BCUT2D eigenvalue weighted by Crippen LogP contribution is 2.30. The topological polar surface area (TPSA) is 65.2 Å². The summed E-state index contributed by atoms with van der Waals surface area (Å²) in [5.74, 6) is 1.87. The number of ether oxygens (including phenoxy) is 1. The molecule has 3 N–H and O–H groups in total. The Bertz CT molecular complexity index is 1240. The molecule has 33 heavy (non-hydrogen) atoms. The monoisotopic (exact) mass is 443 g/mol. The van der Waals surface area contributed by atoms with Gasteiger partial charge in [-0.2, -0.15) is 0 Å². The molecule has 2 aromatic heterocycles. The molecule has 1 saturated carbocycles. The molecule has 2 heterocycles. The molecular weight excluding hydrogens is 410 g/mol. The van der Waals surface area contributed by atoms with Gasteiger partial charge in [0, 0.05) is 67.0 Å². The molecule has 2 aromatic carbocycles. The summed E-state index contributed by atoms with van der Waals surface area (Å²) in [5.41, 5.74) is 4.69. The van der Waals surface area contributed by atoms with E-state index in [2.05, 4.69) is 83.3 Å². The minimum absolute atomic E-state index is 0.462. The molecule has 1 fully saturated rings. The van der Waals surface area contributed by atoms with Crippen LogP contribution in [0.3, 0.4) is 0 Å². The Labute approximate surface area is 195 Å². The van der Waals surface area contributed by atoms with Crippen LogP contribution >= 0.6 is 0 Å². The predicted molar refractivity (Wildman–Crippen MR) is 137 cm³/mol. The molecule has 172 valence electrons. The molecule has 0 aliphatic heterocycles. The van der Waals surface area contributed by atoms with Crippen LogP contribution in [-0.2, 0) is 6.54 Å². The van der Waals surface area contributed by atoms with E-state index in [1.165, 1.54) is 22.0 Å². The van der Waals surface area contributed by atoms with Crippen molar-refractivity contribution in [3.8, 4) is 5.75 Å². The molecule has 4 aromatic rings. The average molecular weight is 444 g/mol. The lowest BCUT2D eigenvalue weighted by Gasteiger charge is -2.30. The van der Waals surface area contributed by atoms with Crippen molar-refractivity contribution in [2.75, 3.05) is 31.4 Å². The summed E-state index contributed by atoms with van der Waals surface area (Å²) in [6, 6.07) is 17.7. The summed E-state index contributed by atoms with van der Waals surface area (Å²) >= 11 is 0. The minimum atomic E-state index is 0.462. The second-order valence-corrected chi connectivity index (χ2v) is 9.24. The molecule has 0 bridgehead atoms. The summed E-state index contributed by atoms with van der Waals surface area (Å²) in [7, 11) is 5.89. The third-order valence-electron chi connectivity index (χ3n) is 6.81. The molecule has 0 saturated heterocycles. The summed E-state index contributed by atoms with van der Waals surface area (Å²) in [6.07, 6.45) is 6.73. The molecule has 1 aliphatic rings. The predicted octanol–water partition coefficient (Wildman–Crippen LogP) is 5.30. The largest absolute Gasteiger partial charge is 0.497 e. The van der Waals surface area contributed by atoms with Crippen LogP contribution in [0, 0.1) is 0 Å². The first-order chi connectivity index (χ1) is 16.1. The van der Waals surface area contributed by atoms with Crippen molar-refractivity contribution in [1.82, 2.24) is 15.3 Å². The lowest BCUT2D eigenvalue weighted by Crippen LogP contribution is -2.36. The minimum Gasteiger partial charge on any atom is -0.497 e. The van der Waals surface area contributed by atoms with Crippen LogP contribution in [0.15, 0.2) is 54.7 Å². The fourth-order valence-corrected chi connectivity index (χ4v) is 4.94. The fourth-order valence-electron chi connectivity index (χ4n) is 4.94. The first kappa shape index (κ1) is 21.6. The number of anilines is 2. The van der Waals surface area contributed by atoms with Gasteiger partial charge in [0.25, 0.3) is 0 Å². The Hall–Kier alpha value is -3.25. The van der Waals surface area contributed by atoms with E-state index in [0.717, 1.165) is 54.8 Å². The van der Waals surface area contributed by atoms with E-state index in [0.29, 0.717) is 12.1 Å². The van der Waals surface area contributed by atoms with Gasteiger partial charge in [0.1, 0.15) is 11.6 Å². The zero-order valence-corrected chi connectivity index (χ0v) is 19.7. The Balaban J connectivity index is 1.19. The maximum atomic E-state index is 5.40. The molecule has 0 amide bonds. The number of nitrogens with zero attached hydrogens (tertiary/aromatic N) is 2. The van der Waals surface area contributed by atoms with Gasteiger partial charge in [-0.15, -0.1) is 0 Å². The van der Waals surface area contributed by atoms with E-state index in [9.17, 15) is 0 Å². The summed E-state index contributed by atoms with van der Waals surface area (Å²) in [6.45, 7) is 0.869. The van der Waals surface area contributed by atoms with E-state index >= 15 is 0 Å². The molecule has 6 nitrogen and oxygen atoms in total. The summed E-state index contributed by atoms with van der Waals surface area (Å²) < 4.78 is 5.40. The summed E-state index contributed by atoms with van der Waals surface area (Å²) in [4.78, 5) is 10.4. The van der Waals surface area contributed by atoms with Crippen molar-refractivity contribution in [3.63, 3.8) is 0 Å². The Morgan fingerprint density at radius 2 is 1.79 bits per heavy atom. The Morgan fingerprint density at radius 1 is 1.00 bits per heavy atom. The van der Waals surface area contributed by atoms with E-state index in [1.54, 1.807) is 7.11 Å². The SMILES string of the molecule is COc1ccc2[nH]cc(CNC3CCC(Nc4cc(N(C)C)c5ccccc5n4)CC3)c2c1. The maximum Gasteiger partial charge on any atom is 0.128 e. The molecule has 0 unspecified atom stereocenters. The lowest BCUT2D eigenvalue weighted by molar-refractivity contribution is 0.353. The van der Waals surface area contributed by atoms with Gasteiger partial charge >= 0.3 is 0 Å². The zero-order chi connectivity index (χ0) is 22.8. The molecule has 1 aliphatic carbocycles. The van der Waals surface area contributed by atoms with E-state index in [1.807, 2.05) is 6.07 Å². The number of hydrogen-bond donors (Lipinski definition) is 3. The van der Waals surface area contributed by atoms with Crippen molar-refractivity contribution < 1.29 is 4.74 Å². The Morgan fingerprint density at radius 3 is 2.58 bits per heavy atom. The van der Waals surface area contributed by atoms with Gasteiger partial charge in [0.15, 0.2) is 0 Å². The first-order valence-corrected chi connectivity index (χ1v) is 11.8. The van der Waals surface area contributed by atoms with Gasteiger partial charge in [0.2, 0.25) is 0 Å². The number of hydrogen-bond acceptors (Lipinski definition) is 5. The number of aromatic amines is 1. The number of H-pyrrole nitrogens is 1. The molecule has 0 atom stereocenters. The highest BCUT2D eigenvalue weighted by atomic mass is 16.5. The van der Waals surface area contributed by atoms with Gasteiger partial charge in [-0.1, -0.05) is 18.2 Å². The number of methoxy groups -OCH3 is 1. The van der Waals surface area contributed by atoms with Crippen LogP contribution in [-0.4, -0.2) is 43.3 Å². The van der Waals surface area contributed by atoms with Crippen LogP contribution < -0.4 is 20.3 Å². The smallest absolute Gasteiger partial charge is 0.128 e. The fraction of sp³-hybridized carbons (Fsp3) is 0.370. The highest BCUT2D eigenvalue weighted by Gasteiger charge is 2.22. The first-order valence-electron chi connectivity index (χ1n) is 11.8. The van der Waals surface area contributed by atoms with Crippen molar-refractivity contribution >= 4 is 33.3 Å². The van der Waals surface area contributed by atoms with Gasteiger partial charge in [-0.25, -0.2) is 4.98 Å². The number of para-hydroxylation sites is 1. The van der Waals surface area contributed by atoms with Crippen LogP contribution in [0.5, 0.6) is 5.75 Å². The van der Waals surface area contributed by atoms with Crippen molar-refractivity contribution in [2.45, 2.75) is 44.3 Å². The number of benzene rings is 2. The molecule has 0 radical (unpaired) electrons. The number of rotatable bonds is 7. The second-order valence-electron chi connectivity index (χ2n) is 9.24. The van der Waals surface area contributed by atoms with Crippen molar-refractivity contribution in [2.24, 2.45) is 0 Å². The molecule has 5 rings (SSSR count). The summed E-state index contributed by atoms with van der Waals surface area (Å²) in [5, 5.41) is 9.91. The average Bonchev–Trinajstić information content (AvgIpc) is 3.25. The normalized spacial score (nSPS) is 18.5. The quantitative estimate of drug-likeness (QED) is 0.362. The third kappa shape index (κ3) is 4.62. The maximum absolute atomic E-state index is 5.40. The van der Waals surface area contributed by atoms with E-state index < -0.39 is 0 Å². The van der Waals surface area contributed by atoms with Gasteiger partial charge in [0.05, 0.1) is 12.6 Å². The second kappa shape index (κ2) is 9.32. The van der Waals surface area contributed by atoms with Gasteiger partial charge in [-0.05, 0) is 55.5 Å². The highest BCUT2D eigenvalue weighted by molar-refractivity contribution is 5.93. The lowest BCUT2D eigenvalue weighted by atomic mass is 9.91. The molecule has 6 heteroatoms. The van der Waals surface area contributed by atoms with Gasteiger partial charge in [-0.3, -0.25) is 0 Å². The van der Waals surface area contributed by atoms with Crippen LogP contribution in [0.2, 0.25) is 0 Å². The molecule has 0 spiro atoms. The van der Waals surface area contributed by atoms with Crippen molar-refractivity contribution in [3.05, 3.63) is 60.3 Å².